The number of carbonyl (C=O) groups is 1. The van der Waals surface area contributed by atoms with E-state index in [2.05, 4.69) is 19.2 Å². The molecule has 1 atom stereocenters. The van der Waals surface area contributed by atoms with E-state index >= 15 is 0 Å². The molecule has 0 saturated carbocycles. The van der Waals surface area contributed by atoms with Crippen molar-refractivity contribution in [2.24, 2.45) is 11.7 Å². The average molecular weight is 293 g/mol. The van der Waals surface area contributed by atoms with Crippen LogP contribution in [0.4, 0.5) is 5.69 Å². The van der Waals surface area contributed by atoms with E-state index in [4.69, 9.17) is 5.73 Å². The van der Waals surface area contributed by atoms with Crippen molar-refractivity contribution in [2.75, 3.05) is 6.54 Å². The highest BCUT2D eigenvalue weighted by Crippen LogP contribution is 2.21. The summed E-state index contributed by atoms with van der Waals surface area (Å²) in [4.78, 5) is 22.8. The molecule has 0 saturated heterocycles. The van der Waals surface area contributed by atoms with Crippen molar-refractivity contribution in [2.45, 2.75) is 39.7 Å². The second kappa shape index (κ2) is 6.67. The van der Waals surface area contributed by atoms with Crippen LogP contribution in [0.5, 0.6) is 0 Å². The fraction of sp³-hybridized carbons (Fsp3) is 0.533. The van der Waals surface area contributed by atoms with E-state index in [1.54, 1.807) is 19.1 Å². The third-order valence-corrected chi connectivity index (χ3v) is 3.39. The molecule has 1 unspecified atom stereocenters. The van der Waals surface area contributed by atoms with E-state index in [9.17, 15) is 14.9 Å². The minimum atomic E-state index is -0.523. The molecule has 0 spiro atoms. The number of rotatable bonds is 6. The summed E-state index contributed by atoms with van der Waals surface area (Å²) in [7, 11) is 0. The van der Waals surface area contributed by atoms with Gasteiger partial charge in [0.2, 0.25) is 0 Å². The van der Waals surface area contributed by atoms with Crippen molar-refractivity contribution in [3.05, 3.63) is 39.4 Å². The number of nitrogens with one attached hydrogen (secondary N) is 1. The molecule has 6 heteroatoms. The first-order chi connectivity index (χ1) is 9.68. The fourth-order valence-corrected chi connectivity index (χ4v) is 2.38. The smallest absolute Gasteiger partial charge is 0.273 e. The molecule has 116 valence electrons. The van der Waals surface area contributed by atoms with Crippen LogP contribution in [0.2, 0.25) is 0 Å². The van der Waals surface area contributed by atoms with Gasteiger partial charge in [-0.3, -0.25) is 14.9 Å². The van der Waals surface area contributed by atoms with Gasteiger partial charge in [-0.1, -0.05) is 19.9 Å². The normalized spacial score (nSPS) is 13.8. The Morgan fingerprint density at radius 2 is 2.10 bits per heavy atom. The van der Waals surface area contributed by atoms with E-state index in [1.165, 1.54) is 6.07 Å². The number of nitro benzene ring substituents is 1. The van der Waals surface area contributed by atoms with Crippen LogP contribution < -0.4 is 11.1 Å². The molecule has 0 heterocycles. The van der Waals surface area contributed by atoms with Gasteiger partial charge in [0.25, 0.3) is 11.6 Å². The van der Waals surface area contributed by atoms with E-state index in [0.717, 1.165) is 6.42 Å². The van der Waals surface area contributed by atoms with E-state index in [1.807, 2.05) is 6.92 Å². The molecule has 0 aliphatic heterocycles. The van der Waals surface area contributed by atoms with Crippen molar-refractivity contribution >= 4 is 11.6 Å². The highest BCUT2D eigenvalue weighted by Gasteiger charge is 2.27. The van der Waals surface area contributed by atoms with Crippen LogP contribution in [0, 0.1) is 23.0 Å². The van der Waals surface area contributed by atoms with Gasteiger partial charge in [0.1, 0.15) is 0 Å². The van der Waals surface area contributed by atoms with Gasteiger partial charge in [-0.05, 0) is 32.3 Å². The molecule has 1 aromatic carbocycles. The summed E-state index contributed by atoms with van der Waals surface area (Å²) in [5.41, 5.74) is 5.99. The number of hydrogen-bond acceptors (Lipinski definition) is 4. The molecule has 1 amide bonds. The molecule has 21 heavy (non-hydrogen) atoms. The van der Waals surface area contributed by atoms with Crippen LogP contribution in [-0.2, 0) is 0 Å². The molecule has 0 aliphatic carbocycles. The molecule has 0 fully saturated rings. The van der Waals surface area contributed by atoms with Gasteiger partial charge in [-0.2, -0.15) is 0 Å². The Kier molecular flexibility index (Phi) is 5.43. The standard InChI is InChI=1S/C15H23N3O3/c1-10(2)8-15(4,9-16)17-14(19)12-6-5-11(3)13(7-12)18(20)21/h5-7,10H,8-9,16H2,1-4H3,(H,17,19). The first kappa shape index (κ1) is 17.1. The van der Waals surface area contributed by atoms with Gasteiger partial charge in [0, 0.05) is 29.3 Å². The third kappa shape index (κ3) is 4.53. The number of amides is 1. The summed E-state index contributed by atoms with van der Waals surface area (Å²) >= 11 is 0. The number of nitrogens with zero attached hydrogens (tertiary/aromatic N) is 1. The first-order valence-corrected chi connectivity index (χ1v) is 6.96. The first-order valence-electron chi connectivity index (χ1n) is 6.96. The molecule has 0 aliphatic rings. The van der Waals surface area contributed by atoms with Crippen LogP contribution in [0.15, 0.2) is 18.2 Å². The Morgan fingerprint density at radius 3 is 2.57 bits per heavy atom. The summed E-state index contributed by atoms with van der Waals surface area (Å²) in [6.07, 6.45) is 0.739. The van der Waals surface area contributed by atoms with Crippen LogP contribution in [0.25, 0.3) is 0 Å². The number of hydrogen-bond donors (Lipinski definition) is 2. The molecule has 0 radical (unpaired) electrons. The maximum Gasteiger partial charge on any atom is 0.273 e. The fourth-order valence-electron chi connectivity index (χ4n) is 2.38. The maximum atomic E-state index is 12.3. The SMILES string of the molecule is Cc1ccc(C(=O)NC(C)(CN)CC(C)C)cc1[N+](=O)[O-]. The van der Waals surface area contributed by atoms with Gasteiger partial charge in [0.15, 0.2) is 0 Å². The lowest BCUT2D eigenvalue weighted by molar-refractivity contribution is -0.385. The predicted molar refractivity (Wildman–Crippen MR) is 82.2 cm³/mol. The van der Waals surface area contributed by atoms with Crippen molar-refractivity contribution in [3.63, 3.8) is 0 Å². The zero-order valence-corrected chi connectivity index (χ0v) is 13.0. The minimum Gasteiger partial charge on any atom is -0.346 e. The Bertz CT molecular complexity index is 543. The summed E-state index contributed by atoms with van der Waals surface area (Å²) in [6, 6.07) is 4.47. The lowest BCUT2D eigenvalue weighted by atomic mass is 9.90. The monoisotopic (exact) mass is 293 g/mol. The second-order valence-corrected chi connectivity index (χ2v) is 6.08. The summed E-state index contributed by atoms with van der Waals surface area (Å²) in [6.45, 7) is 7.94. The topological polar surface area (TPSA) is 98.3 Å². The quantitative estimate of drug-likeness (QED) is 0.621. The van der Waals surface area contributed by atoms with Gasteiger partial charge in [0.05, 0.1) is 4.92 Å². The average Bonchev–Trinajstić information content (AvgIpc) is 2.37. The molecule has 0 bridgehead atoms. The van der Waals surface area contributed by atoms with Crippen molar-refractivity contribution < 1.29 is 9.72 Å². The molecule has 3 N–H and O–H groups in total. The number of nitrogens with two attached hydrogens (primary N) is 1. The highest BCUT2D eigenvalue weighted by atomic mass is 16.6. The van der Waals surface area contributed by atoms with Gasteiger partial charge in [-0.25, -0.2) is 0 Å². The van der Waals surface area contributed by atoms with E-state index < -0.39 is 10.5 Å². The summed E-state index contributed by atoms with van der Waals surface area (Å²) in [5.74, 6) is 0.0397. The molecule has 1 rings (SSSR count). The van der Waals surface area contributed by atoms with Gasteiger partial charge in [-0.15, -0.1) is 0 Å². The van der Waals surface area contributed by atoms with E-state index in [0.29, 0.717) is 18.0 Å². The van der Waals surface area contributed by atoms with Crippen LogP contribution in [0.1, 0.15) is 43.1 Å². The lowest BCUT2D eigenvalue weighted by Crippen LogP contribution is -2.52. The summed E-state index contributed by atoms with van der Waals surface area (Å²) in [5, 5.41) is 13.8. The molecular weight excluding hydrogens is 270 g/mol. The lowest BCUT2D eigenvalue weighted by Gasteiger charge is -2.31. The minimum absolute atomic E-state index is 0.0547. The zero-order chi connectivity index (χ0) is 16.2. The van der Waals surface area contributed by atoms with Crippen LogP contribution in [-0.4, -0.2) is 22.9 Å². The maximum absolute atomic E-state index is 12.3. The number of carbonyl (C=O) groups excluding carboxylic acids is 1. The van der Waals surface area contributed by atoms with Gasteiger partial charge >= 0.3 is 0 Å². The molecule has 1 aromatic rings. The van der Waals surface area contributed by atoms with Crippen LogP contribution in [0.3, 0.4) is 0 Å². The van der Waals surface area contributed by atoms with E-state index in [-0.39, 0.29) is 17.2 Å². The number of benzene rings is 1. The summed E-state index contributed by atoms with van der Waals surface area (Å²) < 4.78 is 0. The Balaban J connectivity index is 2.98. The van der Waals surface area contributed by atoms with Crippen molar-refractivity contribution in [3.8, 4) is 0 Å². The Morgan fingerprint density at radius 1 is 1.48 bits per heavy atom. The second-order valence-electron chi connectivity index (χ2n) is 6.08. The van der Waals surface area contributed by atoms with Crippen molar-refractivity contribution in [1.82, 2.24) is 5.32 Å². The molecule has 0 aromatic heterocycles. The van der Waals surface area contributed by atoms with Crippen LogP contribution >= 0.6 is 0 Å². The zero-order valence-electron chi connectivity index (χ0n) is 13.0. The number of nitro groups is 1. The predicted octanol–water partition coefficient (Wildman–Crippen LogP) is 2.40. The molecule has 6 nitrogen and oxygen atoms in total. The molecular formula is C15H23N3O3. The third-order valence-electron chi connectivity index (χ3n) is 3.39. The number of aryl methyl sites for hydroxylation is 1. The van der Waals surface area contributed by atoms with Gasteiger partial charge < -0.3 is 11.1 Å². The highest BCUT2D eigenvalue weighted by molar-refractivity contribution is 5.95. The van der Waals surface area contributed by atoms with Crippen molar-refractivity contribution in [1.29, 1.82) is 0 Å². The Hall–Kier alpha value is -1.95. The largest absolute Gasteiger partial charge is 0.346 e. The Labute approximate surface area is 124 Å².